The van der Waals surface area contributed by atoms with Crippen molar-refractivity contribution >= 4 is 34.9 Å². The Labute approximate surface area is 215 Å². The SMILES string of the molecule is Cc1ccc(-n2c(C)cc(C(=O)COC(=O)CCN3c4ccccc4Sc4ccccc43)c2C)cc1. The number of ether oxygens (including phenoxy) is 1. The summed E-state index contributed by atoms with van der Waals surface area (Å²) in [6.45, 7) is 6.15. The number of esters is 1. The van der Waals surface area contributed by atoms with Gasteiger partial charge in [-0.3, -0.25) is 9.59 Å². The Morgan fingerprint density at radius 3 is 2.08 bits per heavy atom. The molecular formula is C30H28N2O3S. The van der Waals surface area contributed by atoms with Crippen LogP contribution in [0.2, 0.25) is 0 Å². The van der Waals surface area contributed by atoms with Crippen molar-refractivity contribution in [2.75, 3.05) is 18.1 Å². The van der Waals surface area contributed by atoms with Crippen LogP contribution >= 0.6 is 11.8 Å². The molecule has 0 N–H and O–H groups in total. The topological polar surface area (TPSA) is 51.5 Å². The number of aromatic nitrogens is 1. The van der Waals surface area contributed by atoms with Crippen molar-refractivity contribution < 1.29 is 14.3 Å². The van der Waals surface area contributed by atoms with Crippen LogP contribution in [0.1, 0.15) is 33.7 Å². The summed E-state index contributed by atoms with van der Waals surface area (Å²) in [5, 5.41) is 0. The highest BCUT2D eigenvalue weighted by molar-refractivity contribution is 7.99. The van der Waals surface area contributed by atoms with Crippen LogP contribution in [0.25, 0.3) is 5.69 Å². The number of hydrogen-bond donors (Lipinski definition) is 0. The molecule has 0 fully saturated rings. The quantitative estimate of drug-likeness (QED) is 0.208. The zero-order chi connectivity index (χ0) is 25.2. The van der Waals surface area contributed by atoms with Crippen molar-refractivity contribution in [1.82, 2.24) is 4.57 Å². The summed E-state index contributed by atoms with van der Waals surface area (Å²) >= 11 is 1.73. The summed E-state index contributed by atoms with van der Waals surface area (Å²) in [5.41, 5.74) is 6.73. The van der Waals surface area contributed by atoms with Gasteiger partial charge in [0.05, 0.1) is 17.8 Å². The molecule has 2 heterocycles. The van der Waals surface area contributed by atoms with E-state index in [-0.39, 0.29) is 24.8 Å². The number of fused-ring (bicyclic) bond motifs is 2. The molecule has 0 saturated carbocycles. The van der Waals surface area contributed by atoms with Crippen molar-refractivity contribution in [2.45, 2.75) is 37.0 Å². The van der Waals surface area contributed by atoms with E-state index in [2.05, 4.69) is 45.9 Å². The van der Waals surface area contributed by atoms with E-state index in [0.717, 1.165) is 38.2 Å². The molecule has 3 aromatic carbocycles. The number of nitrogens with zero attached hydrogens (tertiary/aromatic N) is 2. The van der Waals surface area contributed by atoms with Crippen LogP contribution in [0.15, 0.2) is 88.7 Å². The lowest BCUT2D eigenvalue weighted by Gasteiger charge is -2.32. The number of ketones is 1. The molecule has 1 aromatic heterocycles. The molecule has 6 heteroatoms. The second-order valence-corrected chi connectivity index (χ2v) is 10.1. The summed E-state index contributed by atoms with van der Waals surface area (Å²) in [6, 6.07) is 26.4. The van der Waals surface area contributed by atoms with Gasteiger partial charge in [-0.25, -0.2) is 0 Å². The maximum absolute atomic E-state index is 13.0. The molecule has 0 atom stereocenters. The van der Waals surface area contributed by atoms with Gasteiger partial charge in [0, 0.05) is 39.0 Å². The molecular weight excluding hydrogens is 468 g/mol. The van der Waals surface area contributed by atoms with Crippen molar-refractivity contribution in [3.63, 3.8) is 0 Å². The predicted octanol–water partition coefficient (Wildman–Crippen LogP) is 6.82. The monoisotopic (exact) mass is 496 g/mol. The van der Waals surface area contributed by atoms with Gasteiger partial charge in [-0.2, -0.15) is 0 Å². The number of para-hydroxylation sites is 2. The number of Topliss-reactive ketones (excluding diaryl/α,β-unsaturated/α-hetero) is 1. The Hall–Kier alpha value is -3.77. The van der Waals surface area contributed by atoms with E-state index in [1.54, 1.807) is 11.8 Å². The average molecular weight is 497 g/mol. The fraction of sp³-hybridized carbons (Fsp3) is 0.200. The van der Waals surface area contributed by atoms with Gasteiger partial charge in [-0.15, -0.1) is 0 Å². The summed E-state index contributed by atoms with van der Waals surface area (Å²) in [4.78, 5) is 30.1. The summed E-state index contributed by atoms with van der Waals surface area (Å²) < 4.78 is 7.47. The maximum Gasteiger partial charge on any atom is 0.308 e. The van der Waals surface area contributed by atoms with Crippen LogP contribution in [-0.4, -0.2) is 29.5 Å². The molecule has 0 saturated heterocycles. The van der Waals surface area contributed by atoms with Gasteiger partial charge in [0.25, 0.3) is 0 Å². The third-order valence-corrected chi connectivity index (χ3v) is 7.59. The summed E-state index contributed by atoms with van der Waals surface area (Å²) in [7, 11) is 0. The van der Waals surface area contributed by atoms with Crippen molar-refractivity contribution in [1.29, 1.82) is 0 Å². The molecule has 1 aliphatic heterocycles. The largest absolute Gasteiger partial charge is 0.457 e. The molecule has 1 aliphatic rings. The number of aryl methyl sites for hydroxylation is 2. The van der Waals surface area contributed by atoms with Gasteiger partial charge in [-0.1, -0.05) is 53.7 Å². The molecule has 5 nitrogen and oxygen atoms in total. The standard InChI is InChI=1S/C30H28N2O3S/c1-20-12-14-23(15-13-20)32-21(2)18-24(22(32)3)27(33)19-35-30(34)16-17-31-25-8-4-6-10-28(25)36-29-11-7-5-9-26(29)31/h4-15,18H,16-17,19H2,1-3H3. The Bertz CT molecular complexity index is 1390. The molecule has 0 aliphatic carbocycles. The average Bonchev–Trinajstić information content (AvgIpc) is 3.19. The fourth-order valence-electron chi connectivity index (χ4n) is 4.66. The fourth-order valence-corrected chi connectivity index (χ4v) is 5.75. The van der Waals surface area contributed by atoms with Gasteiger partial charge < -0.3 is 14.2 Å². The van der Waals surface area contributed by atoms with E-state index in [1.807, 2.05) is 63.2 Å². The number of carbonyl (C=O) groups excluding carboxylic acids is 2. The molecule has 182 valence electrons. The van der Waals surface area contributed by atoms with Gasteiger partial charge in [-0.05, 0) is 63.2 Å². The van der Waals surface area contributed by atoms with E-state index in [1.165, 1.54) is 5.56 Å². The van der Waals surface area contributed by atoms with Crippen LogP contribution in [0.4, 0.5) is 11.4 Å². The van der Waals surface area contributed by atoms with Gasteiger partial charge in [0.15, 0.2) is 6.61 Å². The third kappa shape index (κ3) is 4.69. The highest BCUT2D eigenvalue weighted by Gasteiger charge is 2.24. The first-order valence-electron chi connectivity index (χ1n) is 12.0. The smallest absolute Gasteiger partial charge is 0.308 e. The van der Waals surface area contributed by atoms with Crippen LogP contribution in [-0.2, 0) is 9.53 Å². The minimum absolute atomic E-state index is 0.184. The first-order chi connectivity index (χ1) is 17.4. The third-order valence-electron chi connectivity index (χ3n) is 6.46. The number of benzene rings is 3. The van der Waals surface area contributed by atoms with Gasteiger partial charge in [0.1, 0.15) is 0 Å². The Morgan fingerprint density at radius 1 is 0.833 bits per heavy atom. The van der Waals surface area contributed by atoms with Gasteiger partial charge >= 0.3 is 5.97 Å². The van der Waals surface area contributed by atoms with Crippen molar-refractivity contribution in [3.05, 3.63) is 101 Å². The molecule has 0 spiro atoms. The Kier molecular flexibility index (Phi) is 6.70. The lowest BCUT2D eigenvalue weighted by atomic mass is 10.1. The van der Waals surface area contributed by atoms with Crippen LogP contribution in [0, 0.1) is 20.8 Å². The zero-order valence-electron chi connectivity index (χ0n) is 20.7. The number of anilines is 2. The van der Waals surface area contributed by atoms with E-state index in [4.69, 9.17) is 4.74 Å². The first kappa shape index (κ1) is 23.9. The van der Waals surface area contributed by atoms with E-state index in [9.17, 15) is 9.59 Å². The van der Waals surface area contributed by atoms with Crippen LogP contribution < -0.4 is 4.90 Å². The Balaban J connectivity index is 1.24. The maximum atomic E-state index is 13.0. The van der Waals surface area contributed by atoms with E-state index < -0.39 is 0 Å². The van der Waals surface area contributed by atoms with Crippen molar-refractivity contribution in [2.24, 2.45) is 0 Å². The normalized spacial score (nSPS) is 12.1. The summed E-state index contributed by atoms with van der Waals surface area (Å²) in [6.07, 6.45) is 0.184. The second kappa shape index (κ2) is 10.1. The number of rotatable bonds is 7. The lowest BCUT2D eigenvalue weighted by molar-refractivity contribution is -0.142. The van der Waals surface area contributed by atoms with Gasteiger partial charge in [0.2, 0.25) is 5.78 Å². The first-order valence-corrected chi connectivity index (χ1v) is 12.8. The minimum atomic E-state index is -0.385. The minimum Gasteiger partial charge on any atom is -0.457 e. The van der Waals surface area contributed by atoms with E-state index in [0.29, 0.717) is 12.1 Å². The number of carbonyl (C=O) groups is 2. The zero-order valence-corrected chi connectivity index (χ0v) is 21.5. The predicted molar refractivity (Wildman–Crippen MR) is 144 cm³/mol. The highest BCUT2D eigenvalue weighted by atomic mass is 32.2. The molecule has 0 bridgehead atoms. The van der Waals surface area contributed by atoms with E-state index >= 15 is 0 Å². The molecule has 5 rings (SSSR count). The molecule has 4 aromatic rings. The van der Waals surface area contributed by atoms with Crippen LogP contribution in [0.5, 0.6) is 0 Å². The number of hydrogen-bond acceptors (Lipinski definition) is 5. The molecule has 0 amide bonds. The summed E-state index contributed by atoms with van der Waals surface area (Å²) in [5.74, 6) is -0.580. The van der Waals surface area contributed by atoms with Crippen molar-refractivity contribution in [3.8, 4) is 5.69 Å². The Morgan fingerprint density at radius 2 is 1.44 bits per heavy atom. The molecule has 0 radical (unpaired) electrons. The highest BCUT2D eigenvalue weighted by Crippen LogP contribution is 2.47. The molecule has 0 unspecified atom stereocenters. The lowest BCUT2D eigenvalue weighted by Crippen LogP contribution is -2.25. The second-order valence-electron chi connectivity index (χ2n) is 8.98. The molecule has 36 heavy (non-hydrogen) atoms. The van der Waals surface area contributed by atoms with Crippen LogP contribution in [0.3, 0.4) is 0 Å².